The summed E-state index contributed by atoms with van der Waals surface area (Å²) in [5, 5.41) is 4.23. The van der Waals surface area contributed by atoms with Crippen molar-refractivity contribution in [2.24, 2.45) is 23.7 Å². The van der Waals surface area contributed by atoms with Crippen LogP contribution in [0.2, 0.25) is 0 Å². The molecule has 2 unspecified atom stereocenters. The molecule has 1 aromatic heterocycles. The van der Waals surface area contributed by atoms with Crippen LogP contribution in [0, 0.1) is 23.7 Å². The van der Waals surface area contributed by atoms with Gasteiger partial charge in [0.1, 0.15) is 11.9 Å². The molecule has 1 aromatic carbocycles. The normalized spacial score (nSPS) is 34.2. The molecule has 6 atom stereocenters. The summed E-state index contributed by atoms with van der Waals surface area (Å²) in [5.74, 6) is 6.13. The van der Waals surface area contributed by atoms with Crippen molar-refractivity contribution < 1.29 is 14.0 Å². The Balaban J connectivity index is 1.40. The minimum atomic E-state index is -0.326. The van der Waals surface area contributed by atoms with Gasteiger partial charge in [-0.25, -0.2) is 0 Å². The molecule has 24 heavy (non-hydrogen) atoms. The molecule has 0 aliphatic heterocycles. The zero-order valence-electron chi connectivity index (χ0n) is 14.0. The van der Waals surface area contributed by atoms with Crippen molar-refractivity contribution in [2.45, 2.75) is 31.3 Å². The van der Waals surface area contributed by atoms with Gasteiger partial charge < -0.3 is 14.0 Å². The molecule has 3 aliphatic rings. The average molecular weight is 326 g/mol. The van der Waals surface area contributed by atoms with Gasteiger partial charge in [-0.2, -0.15) is 4.98 Å². The van der Waals surface area contributed by atoms with Gasteiger partial charge >= 0.3 is 0 Å². The third-order valence-corrected chi connectivity index (χ3v) is 6.34. The smallest absolute Gasteiger partial charge is 0.230 e. The first kappa shape index (κ1) is 14.5. The molecule has 5 heteroatoms. The molecule has 3 aliphatic carbocycles. The molecule has 0 amide bonds. The van der Waals surface area contributed by atoms with Gasteiger partial charge in [0.25, 0.3) is 0 Å². The van der Waals surface area contributed by atoms with Crippen LogP contribution < -0.4 is 4.74 Å². The van der Waals surface area contributed by atoms with Gasteiger partial charge in [-0.1, -0.05) is 17.3 Å². The van der Waals surface area contributed by atoms with E-state index in [1.807, 2.05) is 24.3 Å². The minimum absolute atomic E-state index is 0.326. The van der Waals surface area contributed by atoms with E-state index >= 15 is 0 Å². The summed E-state index contributed by atoms with van der Waals surface area (Å²) in [6.07, 6.45) is 3.90. The molecule has 0 radical (unpaired) electrons. The number of aromatic nitrogens is 2. The van der Waals surface area contributed by atoms with Crippen LogP contribution in [0.4, 0.5) is 0 Å². The molecule has 2 aromatic rings. The zero-order chi connectivity index (χ0) is 16.3. The molecular weight excluding hydrogens is 304 g/mol. The predicted octanol–water partition coefficient (Wildman–Crippen LogP) is 3.57. The molecule has 1 heterocycles. The number of ether oxygens (including phenoxy) is 2. The standard InChI is InChI=1S/C19H22N2O3/c1-22-13-5-3-4-12(9-13)17(23-2)18-20-19(24-21-18)16-14-10-6-7-11(8-10)15(14)16/h3-5,9-11,14-17H,6-8H2,1-2H3/t10-,11+,14+,15-,16?,17?. The Bertz CT molecular complexity index is 743. The number of benzene rings is 1. The highest BCUT2D eigenvalue weighted by atomic mass is 16.5. The molecule has 3 fully saturated rings. The summed E-state index contributed by atoms with van der Waals surface area (Å²) in [4.78, 5) is 4.71. The van der Waals surface area contributed by atoms with Crippen LogP contribution in [-0.2, 0) is 4.74 Å². The first-order valence-electron chi connectivity index (χ1n) is 8.80. The number of methoxy groups -OCH3 is 2. The molecule has 0 N–H and O–H groups in total. The first-order chi connectivity index (χ1) is 11.8. The first-order valence-corrected chi connectivity index (χ1v) is 8.80. The van der Waals surface area contributed by atoms with Gasteiger partial charge in [0, 0.05) is 13.0 Å². The van der Waals surface area contributed by atoms with Crippen molar-refractivity contribution in [3.8, 4) is 5.75 Å². The van der Waals surface area contributed by atoms with Gasteiger partial charge in [-0.15, -0.1) is 0 Å². The van der Waals surface area contributed by atoms with Crippen LogP contribution >= 0.6 is 0 Å². The molecule has 3 saturated carbocycles. The van der Waals surface area contributed by atoms with Crippen LogP contribution in [0.5, 0.6) is 5.75 Å². The lowest BCUT2D eigenvalue weighted by Gasteiger charge is -2.12. The number of rotatable bonds is 5. The molecule has 5 nitrogen and oxygen atoms in total. The lowest BCUT2D eigenvalue weighted by Crippen LogP contribution is -2.06. The highest BCUT2D eigenvalue weighted by molar-refractivity contribution is 5.32. The maximum Gasteiger partial charge on any atom is 0.230 e. The maximum atomic E-state index is 5.64. The summed E-state index contributed by atoms with van der Waals surface area (Å²) >= 11 is 0. The summed E-state index contributed by atoms with van der Waals surface area (Å²) in [7, 11) is 3.33. The van der Waals surface area contributed by atoms with E-state index in [0.717, 1.165) is 40.9 Å². The summed E-state index contributed by atoms with van der Waals surface area (Å²) in [6.45, 7) is 0. The fraction of sp³-hybridized carbons (Fsp3) is 0.579. The van der Waals surface area contributed by atoms with E-state index in [4.69, 9.17) is 19.0 Å². The van der Waals surface area contributed by atoms with Crippen LogP contribution in [0.15, 0.2) is 28.8 Å². The number of nitrogens with zero attached hydrogens (tertiary/aromatic N) is 2. The fourth-order valence-corrected chi connectivity index (χ4v) is 5.34. The largest absolute Gasteiger partial charge is 0.497 e. The van der Waals surface area contributed by atoms with Gasteiger partial charge in [0.05, 0.1) is 7.11 Å². The average Bonchev–Trinajstić information content (AvgIpc) is 3.00. The van der Waals surface area contributed by atoms with Crippen molar-refractivity contribution in [1.29, 1.82) is 0 Å². The fourth-order valence-electron chi connectivity index (χ4n) is 5.34. The summed E-state index contributed by atoms with van der Waals surface area (Å²) in [5.41, 5.74) is 0.972. The summed E-state index contributed by atoms with van der Waals surface area (Å²) < 4.78 is 16.6. The molecule has 2 bridgehead atoms. The van der Waals surface area contributed by atoms with E-state index < -0.39 is 0 Å². The van der Waals surface area contributed by atoms with Crippen LogP contribution in [-0.4, -0.2) is 24.4 Å². The minimum Gasteiger partial charge on any atom is -0.497 e. The van der Waals surface area contributed by atoms with E-state index in [2.05, 4.69) is 5.16 Å². The third kappa shape index (κ3) is 2.04. The van der Waals surface area contributed by atoms with Crippen molar-refractivity contribution in [3.63, 3.8) is 0 Å². The van der Waals surface area contributed by atoms with Crippen molar-refractivity contribution in [3.05, 3.63) is 41.5 Å². The van der Waals surface area contributed by atoms with Crippen LogP contribution in [0.3, 0.4) is 0 Å². The topological polar surface area (TPSA) is 57.4 Å². The Morgan fingerprint density at radius 2 is 1.96 bits per heavy atom. The molecular formula is C19H22N2O3. The third-order valence-electron chi connectivity index (χ3n) is 6.34. The van der Waals surface area contributed by atoms with Gasteiger partial charge in [0.2, 0.25) is 11.7 Å². The second kappa shape index (κ2) is 5.31. The second-order valence-corrected chi connectivity index (χ2v) is 7.40. The summed E-state index contributed by atoms with van der Waals surface area (Å²) in [6, 6.07) is 7.82. The Morgan fingerprint density at radius 1 is 1.17 bits per heavy atom. The lowest BCUT2D eigenvalue weighted by atomic mass is 10.0. The monoisotopic (exact) mass is 326 g/mol. The number of hydrogen-bond acceptors (Lipinski definition) is 5. The quantitative estimate of drug-likeness (QED) is 0.840. The molecule has 0 saturated heterocycles. The van der Waals surface area contributed by atoms with Crippen LogP contribution in [0.1, 0.15) is 48.6 Å². The van der Waals surface area contributed by atoms with E-state index in [1.54, 1.807) is 14.2 Å². The van der Waals surface area contributed by atoms with E-state index in [9.17, 15) is 0 Å². The maximum absolute atomic E-state index is 5.64. The molecule has 5 rings (SSSR count). The number of hydrogen-bond donors (Lipinski definition) is 0. The SMILES string of the molecule is COc1cccc(C(OC)c2noc(C3[C@@H]4[C@H]5CC[C@H](C5)[C@H]34)n2)c1. The number of fused-ring (bicyclic) bond motifs is 5. The Hall–Kier alpha value is -1.88. The van der Waals surface area contributed by atoms with E-state index in [1.165, 1.54) is 19.3 Å². The van der Waals surface area contributed by atoms with Gasteiger partial charge in [0.15, 0.2) is 0 Å². The van der Waals surface area contributed by atoms with Gasteiger partial charge in [-0.3, -0.25) is 0 Å². The van der Waals surface area contributed by atoms with Crippen molar-refractivity contribution in [1.82, 2.24) is 10.1 Å². The second-order valence-electron chi connectivity index (χ2n) is 7.40. The highest BCUT2D eigenvalue weighted by Gasteiger charge is 2.67. The predicted molar refractivity (Wildman–Crippen MR) is 86.7 cm³/mol. The Labute approximate surface area is 141 Å². The molecule has 0 spiro atoms. The van der Waals surface area contributed by atoms with Crippen molar-refractivity contribution in [2.75, 3.05) is 14.2 Å². The van der Waals surface area contributed by atoms with Crippen LogP contribution in [0.25, 0.3) is 0 Å². The highest BCUT2D eigenvalue weighted by Crippen LogP contribution is 2.72. The van der Waals surface area contributed by atoms with Gasteiger partial charge in [-0.05, 0) is 60.6 Å². The molecule has 126 valence electrons. The van der Waals surface area contributed by atoms with E-state index in [0.29, 0.717) is 11.7 Å². The zero-order valence-corrected chi connectivity index (χ0v) is 14.0. The Kier molecular flexibility index (Phi) is 3.20. The van der Waals surface area contributed by atoms with Crippen molar-refractivity contribution >= 4 is 0 Å². The lowest BCUT2D eigenvalue weighted by molar-refractivity contribution is 0.126. The Morgan fingerprint density at radius 3 is 2.67 bits per heavy atom. The van der Waals surface area contributed by atoms with E-state index in [-0.39, 0.29) is 6.10 Å².